The van der Waals surface area contributed by atoms with Crippen molar-refractivity contribution in [3.05, 3.63) is 60.2 Å². The zero-order valence-corrected chi connectivity index (χ0v) is 14.6. The average molecular weight is 350 g/mol. The summed E-state index contributed by atoms with van der Waals surface area (Å²) in [5.41, 5.74) is 2.15. The van der Waals surface area contributed by atoms with Gasteiger partial charge in [-0.3, -0.25) is 4.79 Å². The Morgan fingerprint density at radius 2 is 1.62 bits per heavy atom. The number of ether oxygens (including phenoxy) is 2. The molecule has 0 aliphatic carbocycles. The van der Waals surface area contributed by atoms with E-state index in [1.165, 1.54) is 5.69 Å². The third-order valence-electron chi connectivity index (χ3n) is 4.70. The number of piperazine rings is 1. The maximum Gasteiger partial charge on any atom is 0.246 e. The van der Waals surface area contributed by atoms with Gasteiger partial charge in [0.1, 0.15) is 13.2 Å². The second-order valence-electron chi connectivity index (χ2n) is 6.38. The molecule has 4 rings (SSSR count). The lowest BCUT2D eigenvalue weighted by Crippen LogP contribution is -2.48. The van der Waals surface area contributed by atoms with Crippen LogP contribution in [0.2, 0.25) is 0 Å². The van der Waals surface area contributed by atoms with Gasteiger partial charge in [-0.15, -0.1) is 0 Å². The van der Waals surface area contributed by atoms with E-state index in [0.717, 1.165) is 43.2 Å². The molecule has 1 fully saturated rings. The fourth-order valence-corrected chi connectivity index (χ4v) is 3.26. The molecule has 2 heterocycles. The molecule has 0 atom stereocenters. The zero-order valence-electron chi connectivity index (χ0n) is 14.6. The number of carbonyl (C=O) groups is 1. The predicted octanol–water partition coefficient (Wildman–Crippen LogP) is 2.82. The third-order valence-corrected chi connectivity index (χ3v) is 4.70. The molecular weight excluding hydrogens is 328 g/mol. The molecule has 1 amide bonds. The molecule has 0 radical (unpaired) electrons. The van der Waals surface area contributed by atoms with E-state index in [4.69, 9.17) is 9.47 Å². The smallest absolute Gasteiger partial charge is 0.246 e. The van der Waals surface area contributed by atoms with E-state index in [2.05, 4.69) is 17.0 Å². The largest absolute Gasteiger partial charge is 0.486 e. The Kier molecular flexibility index (Phi) is 4.78. The Morgan fingerprint density at radius 1 is 0.885 bits per heavy atom. The van der Waals surface area contributed by atoms with Gasteiger partial charge in [0.05, 0.1) is 0 Å². The average Bonchev–Trinajstić information content (AvgIpc) is 2.72. The van der Waals surface area contributed by atoms with E-state index in [1.54, 1.807) is 6.08 Å². The van der Waals surface area contributed by atoms with Crippen molar-refractivity contribution < 1.29 is 14.3 Å². The number of carbonyl (C=O) groups excluding carboxylic acids is 1. The van der Waals surface area contributed by atoms with Crippen LogP contribution < -0.4 is 14.4 Å². The number of nitrogens with zero attached hydrogens (tertiary/aromatic N) is 2. The van der Waals surface area contributed by atoms with Gasteiger partial charge >= 0.3 is 0 Å². The molecule has 0 spiro atoms. The Balaban J connectivity index is 1.35. The first-order chi connectivity index (χ1) is 12.8. The quantitative estimate of drug-likeness (QED) is 0.799. The van der Waals surface area contributed by atoms with Crippen molar-refractivity contribution in [3.8, 4) is 11.5 Å². The minimum Gasteiger partial charge on any atom is -0.486 e. The standard InChI is InChI=1S/C21H22N2O3/c24-21(9-7-17-6-8-19-20(16-17)26-15-14-25-19)23-12-10-22(11-13-23)18-4-2-1-3-5-18/h1-9,16H,10-15H2. The van der Waals surface area contributed by atoms with Crippen LogP contribution in [0.5, 0.6) is 11.5 Å². The Hall–Kier alpha value is -2.95. The highest BCUT2D eigenvalue weighted by Gasteiger charge is 2.19. The minimum atomic E-state index is 0.0487. The van der Waals surface area contributed by atoms with Gasteiger partial charge in [0.2, 0.25) is 5.91 Å². The topological polar surface area (TPSA) is 42.0 Å². The van der Waals surface area contributed by atoms with Gasteiger partial charge in [0, 0.05) is 37.9 Å². The molecule has 26 heavy (non-hydrogen) atoms. The fraction of sp³-hybridized carbons (Fsp3) is 0.286. The monoisotopic (exact) mass is 350 g/mol. The second-order valence-corrected chi connectivity index (χ2v) is 6.38. The molecule has 5 heteroatoms. The van der Waals surface area contributed by atoms with Crippen LogP contribution in [0.25, 0.3) is 6.08 Å². The van der Waals surface area contributed by atoms with Gasteiger partial charge < -0.3 is 19.3 Å². The van der Waals surface area contributed by atoms with Crippen LogP contribution in [0.4, 0.5) is 5.69 Å². The number of rotatable bonds is 3. The third kappa shape index (κ3) is 3.67. The summed E-state index contributed by atoms with van der Waals surface area (Å²) in [7, 11) is 0. The maximum absolute atomic E-state index is 12.5. The SMILES string of the molecule is O=C(C=Cc1ccc2c(c1)OCCO2)N1CCN(c2ccccc2)CC1. The summed E-state index contributed by atoms with van der Waals surface area (Å²) < 4.78 is 11.1. The predicted molar refractivity (Wildman–Crippen MR) is 102 cm³/mol. The van der Waals surface area contributed by atoms with Crippen LogP contribution in [0.1, 0.15) is 5.56 Å². The van der Waals surface area contributed by atoms with Gasteiger partial charge in [-0.2, -0.15) is 0 Å². The highest BCUT2D eigenvalue weighted by molar-refractivity contribution is 5.92. The Morgan fingerprint density at radius 3 is 2.38 bits per heavy atom. The summed E-state index contributed by atoms with van der Waals surface area (Å²) in [6.45, 7) is 4.32. The van der Waals surface area contributed by atoms with Crippen LogP contribution in [-0.2, 0) is 4.79 Å². The van der Waals surface area contributed by atoms with Gasteiger partial charge in [-0.05, 0) is 35.9 Å². The number of hydrogen-bond donors (Lipinski definition) is 0. The molecule has 0 aromatic heterocycles. The molecule has 2 aliphatic heterocycles. The van der Waals surface area contributed by atoms with Crippen molar-refractivity contribution in [2.75, 3.05) is 44.3 Å². The lowest BCUT2D eigenvalue weighted by Gasteiger charge is -2.35. The number of para-hydroxylation sites is 1. The summed E-state index contributed by atoms with van der Waals surface area (Å²) >= 11 is 0. The summed E-state index contributed by atoms with van der Waals surface area (Å²) in [5.74, 6) is 1.55. The number of amides is 1. The Bertz CT molecular complexity index is 796. The first-order valence-corrected chi connectivity index (χ1v) is 8.96. The van der Waals surface area contributed by atoms with E-state index >= 15 is 0 Å². The van der Waals surface area contributed by atoms with Gasteiger partial charge in [-0.25, -0.2) is 0 Å². The van der Waals surface area contributed by atoms with E-state index < -0.39 is 0 Å². The number of benzene rings is 2. The molecule has 1 saturated heterocycles. The molecule has 2 aliphatic rings. The van der Waals surface area contributed by atoms with Crippen LogP contribution in [0, 0.1) is 0 Å². The van der Waals surface area contributed by atoms with Crippen molar-refractivity contribution in [1.29, 1.82) is 0 Å². The van der Waals surface area contributed by atoms with Crippen LogP contribution in [0.3, 0.4) is 0 Å². The van der Waals surface area contributed by atoms with Gasteiger partial charge in [-0.1, -0.05) is 24.3 Å². The van der Waals surface area contributed by atoms with Crippen molar-refractivity contribution in [2.45, 2.75) is 0 Å². The van der Waals surface area contributed by atoms with E-state index in [0.29, 0.717) is 13.2 Å². The number of hydrogen-bond acceptors (Lipinski definition) is 4. The zero-order chi connectivity index (χ0) is 17.8. The van der Waals surface area contributed by atoms with Crippen molar-refractivity contribution >= 4 is 17.7 Å². The molecule has 2 aromatic rings. The fourth-order valence-electron chi connectivity index (χ4n) is 3.26. The molecule has 2 aromatic carbocycles. The number of anilines is 1. The lowest BCUT2D eigenvalue weighted by atomic mass is 10.1. The van der Waals surface area contributed by atoms with E-state index in [-0.39, 0.29) is 5.91 Å². The summed E-state index contributed by atoms with van der Waals surface area (Å²) in [6, 6.07) is 16.1. The molecule has 0 unspecified atom stereocenters. The Labute approximate surface area is 153 Å². The molecule has 0 saturated carbocycles. The van der Waals surface area contributed by atoms with E-state index in [1.807, 2.05) is 47.4 Å². The highest BCUT2D eigenvalue weighted by Crippen LogP contribution is 2.31. The number of fused-ring (bicyclic) bond motifs is 1. The summed E-state index contributed by atoms with van der Waals surface area (Å²) in [5, 5.41) is 0. The normalized spacial score (nSPS) is 16.8. The van der Waals surface area contributed by atoms with Crippen molar-refractivity contribution in [3.63, 3.8) is 0 Å². The van der Waals surface area contributed by atoms with Crippen LogP contribution in [0.15, 0.2) is 54.6 Å². The van der Waals surface area contributed by atoms with Crippen LogP contribution in [-0.4, -0.2) is 50.2 Å². The highest BCUT2D eigenvalue weighted by atomic mass is 16.6. The lowest BCUT2D eigenvalue weighted by molar-refractivity contribution is -0.126. The van der Waals surface area contributed by atoms with Gasteiger partial charge in [0.15, 0.2) is 11.5 Å². The maximum atomic E-state index is 12.5. The minimum absolute atomic E-state index is 0.0487. The molecular formula is C21H22N2O3. The first kappa shape index (κ1) is 16.5. The second kappa shape index (κ2) is 7.52. The summed E-state index contributed by atoms with van der Waals surface area (Å²) in [6.07, 6.45) is 3.48. The molecule has 134 valence electrons. The van der Waals surface area contributed by atoms with Crippen molar-refractivity contribution in [1.82, 2.24) is 4.90 Å². The molecule has 5 nitrogen and oxygen atoms in total. The van der Waals surface area contributed by atoms with Gasteiger partial charge in [0.25, 0.3) is 0 Å². The summed E-state index contributed by atoms with van der Waals surface area (Å²) in [4.78, 5) is 16.7. The molecule has 0 bridgehead atoms. The molecule has 0 N–H and O–H groups in total. The van der Waals surface area contributed by atoms with Crippen molar-refractivity contribution in [2.24, 2.45) is 0 Å². The first-order valence-electron chi connectivity index (χ1n) is 8.96. The van der Waals surface area contributed by atoms with E-state index in [9.17, 15) is 4.79 Å². The van der Waals surface area contributed by atoms with Crippen LogP contribution >= 0.6 is 0 Å².